The molecule has 1 aromatic carbocycles. The summed E-state index contributed by atoms with van der Waals surface area (Å²) in [6.45, 7) is 0. The molecule has 0 aliphatic heterocycles. The van der Waals surface area contributed by atoms with Crippen LogP contribution in [-0.2, 0) is 0 Å². The van der Waals surface area contributed by atoms with Gasteiger partial charge in [0.1, 0.15) is 10.8 Å². The molecule has 1 aromatic heterocycles. The van der Waals surface area contributed by atoms with E-state index in [4.69, 9.17) is 22.1 Å². The van der Waals surface area contributed by atoms with Gasteiger partial charge >= 0.3 is 5.69 Å². The van der Waals surface area contributed by atoms with Gasteiger partial charge in [0.25, 0.3) is 5.69 Å². The molecular formula is C11H7ClN4O5. The molecule has 0 bridgehead atoms. The van der Waals surface area contributed by atoms with Gasteiger partial charge in [0.2, 0.25) is 11.7 Å². The Balaban J connectivity index is 2.26. The first-order valence-electron chi connectivity index (χ1n) is 5.41. The molecule has 0 aliphatic carbocycles. The van der Waals surface area contributed by atoms with E-state index in [2.05, 4.69) is 4.98 Å². The summed E-state index contributed by atoms with van der Waals surface area (Å²) in [5, 5.41) is 21.1. The van der Waals surface area contributed by atoms with Gasteiger partial charge < -0.3 is 10.5 Å². The first-order chi connectivity index (χ1) is 9.88. The maximum absolute atomic E-state index is 10.6. The number of halogens is 1. The van der Waals surface area contributed by atoms with Crippen LogP contribution in [0.1, 0.15) is 0 Å². The maximum atomic E-state index is 10.6. The highest BCUT2D eigenvalue weighted by atomic mass is 35.5. The monoisotopic (exact) mass is 310 g/mol. The third-order valence-electron chi connectivity index (χ3n) is 2.41. The first kappa shape index (κ1) is 14.5. The molecule has 0 atom stereocenters. The summed E-state index contributed by atoms with van der Waals surface area (Å²) >= 11 is 5.73. The normalized spacial score (nSPS) is 10.1. The highest BCUT2D eigenvalue weighted by Crippen LogP contribution is 2.31. The largest absolute Gasteiger partial charge is 0.439 e. The van der Waals surface area contributed by atoms with Crippen LogP contribution < -0.4 is 10.5 Å². The number of nitro groups is 2. The van der Waals surface area contributed by atoms with Gasteiger partial charge in [-0.05, 0) is 6.07 Å². The molecule has 0 saturated carbocycles. The van der Waals surface area contributed by atoms with Gasteiger partial charge in [-0.3, -0.25) is 20.2 Å². The molecule has 1 heterocycles. The van der Waals surface area contributed by atoms with E-state index in [-0.39, 0.29) is 33.8 Å². The van der Waals surface area contributed by atoms with Gasteiger partial charge in [0.05, 0.1) is 9.85 Å². The van der Waals surface area contributed by atoms with Gasteiger partial charge in [-0.25, -0.2) is 0 Å². The van der Waals surface area contributed by atoms with E-state index in [1.165, 1.54) is 24.3 Å². The van der Waals surface area contributed by atoms with Crippen molar-refractivity contribution < 1.29 is 14.6 Å². The topological polar surface area (TPSA) is 134 Å². The second-order valence-electron chi connectivity index (χ2n) is 3.78. The number of aromatic nitrogens is 1. The Kier molecular flexibility index (Phi) is 3.85. The van der Waals surface area contributed by atoms with Crippen molar-refractivity contribution in [2.45, 2.75) is 0 Å². The van der Waals surface area contributed by atoms with Crippen LogP contribution in [0, 0.1) is 20.2 Å². The predicted molar refractivity (Wildman–Crippen MR) is 73.5 cm³/mol. The molecule has 10 heteroatoms. The summed E-state index contributed by atoms with van der Waals surface area (Å²) < 4.78 is 5.29. The van der Waals surface area contributed by atoms with Crippen LogP contribution in [-0.4, -0.2) is 14.8 Å². The minimum atomic E-state index is -0.672. The molecule has 2 aromatic rings. The Morgan fingerprint density at radius 3 is 2.24 bits per heavy atom. The van der Waals surface area contributed by atoms with E-state index in [0.29, 0.717) is 0 Å². The third kappa shape index (κ3) is 3.15. The minimum Gasteiger partial charge on any atom is -0.439 e. The van der Waals surface area contributed by atoms with Crippen LogP contribution in [0.3, 0.4) is 0 Å². The van der Waals surface area contributed by atoms with Crippen molar-refractivity contribution >= 4 is 28.8 Å². The van der Waals surface area contributed by atoms with Crippen LogP contribution >= 0.6 is 11.6 Å². The van der Waals surface area contributed by atoms with Crippen molar-refractivity contribution in [3.8, 4) is 11.6 Å². The van der Waals surface area contributed by atoms with Crippen molar-refractivity contribution in [1.29, 1.82) is 0 Å². The number of hydrogen-bond donors (Lipinski definition) is 1. The number of nitro benzene ring substituents is 1. The predicted octanol–water partition coefficient (Wildman–Crippen LogP) is 2.93. The smallest absolute Gasteiger partial charge is 0.311 e. The number of nitrogens with two attached hydrogens (primary N) is 1. The molecule has 21 heavy (non-hydrogen) atoms. The zero-order valence-electron chi connectivity index (χ0n) is 10.2. The van der Waals surface area contributed by atoms with E-state index in [0.717, 1.165) is 6.07 Å². The molecule has 0 unspecified atom stereocenters. The molecule has 0 saturated heterocycles. The van der Waals surface area contributed by atoms with Gasteiger partial charge in [0.15, 0.2) is 0 Å². The molecule has 0 fully saturated rings. The minimum absolute atomic E-state index is 0.00280. The Labute approximate surface area is 122 Å². The van der Waals surface area contributed by atoms with Gasteiger partial charge in [-0.1, -0.05) is 11.6 Å². The van der Waals surface area contributed by atoms with Crippen molar-refractivity contribution in [3.63, 3.8) is 0 Å². The fourth-order valence-electron chi connectivity index (χ4n) is 1.48. The highest BCUT2D eigenvalue weighted by Gasteiger charge is 2.15. The highest BCUT2D eigenvalue weighted by molar-refractivity contribution is 6.32. The quantitative estimate of drug-likeness (QED) is 0.677. The Morgan fingerprint density at radius 1 is 1.10 bits per heavy atom. The van der Waals surface area contributed by atoms with Gasteiger partial charge in [0, 0.05) is 24.3 Å². The number of anilines is 1. The molecule has 0 amide bonds. The lowest BCUT2D eigenvalue weighted by molar-refractivity contribution is -0.384. The number of ether oxygens (including phenoxy) is 1. The van der Waals surface area contributed by atoms with Crippen LogP contribution in [0.4, 0.5) is 17.2 Å². The number of nitrogen functional groups attached to an aromatic ring is 1. The van der Waals surface area contributed by atoms with Crippen LogP contribution in [0.15, 0.2) is 30.3 Å². The summed E-state index contributed by atoms with van der Waals surface area (Å²) in [6.07, 6.45) is 0. The zero-order valence-corrected chi connectivity index (χ0v) is 11.0. The van der Waals surface area contributed by atoms with E-state index >= 15 is 0 Å². The number of hydrogen-bond acceptors (Lipinski definition) is 7. The molecule has 108 valence electrons. The number of rotatable bonds is 4. The SMILES string of the molecule is Nc1nc(Oc2ccc([N+](=O)[O-])c(Cl)c2)ccc1[N+](=O)[O-]. The fraction of sp³-hybridized carbons (Fsp3) is 0. The van der Waals surface area contributed by atoms with Gasteiger partial charge in [-0.2, -0.15) is 4.98 Å². The van der Waals surface area contributed by atoms with E-state index in [1.54, 1.807) is 0 Å². The van der Waals surface area contributed by atoms with Crippen LogP contribution in [0.5, 0.6) is 11.6 Å². The molecule has 0 spiro atoms. The van der Waals surface area contributed by atoms with Crippen LogP contribution in [0.2, 0.25) is 5.02 Å². The van der Waals surface area contributed by atoms with Crippen LogP contribution in [0.25, 0.3) is 0 Å². The Morgan fingerprint density at radius 2 is 1.71 bits per heavy atom. The molecule has 0 radical (unpaired) electrons. The Bertz CT molecular complexity index is 675. The summed E-state index contributed by atoms with van der Waals surface area (Å²) in [7, 11) is 0. The summed E-state index contributed by atoms with van der Waals surface area (Å²) in [6, 6.07) is 6.13. The van der Waals surface area contributed by atoms with Crippen molar-refractivity contribution in [3.05, 3.63) is 55.6 Å². The van der Waals surface area contributed by atoms with Gasteiger partial charge in [-0.15, -0.1) is 0 Å². The number of benzene rings is 1. The molecule has 2 rings (SSSR count). The lowest BCUT2D eigenvalue weighted by atomic mass is 10.3. The fourth-order valence-corrected chi connectivity index (χ4v) is 1.72. The van der Waals surface area contributed by atoms with E-state index in [1.807, 2.05) is 0 Å². The lowest BCUT2D eigenvalue weighted by Gasteiger charge is -2.06. The van der Waals surface area contributed by atoms with Crippen molar-refractivity contribution in [1.82, 2.24) is 4.98 Å². The second-order valence-corrected chi connectivity index (χ2v) is 4.19. The second kappa shape index (κ2) is 5.59. The molecule has 9 nitrogen and oxygen atoms in total. The third-order valence-corrected chi connectivity index (χ3v) is 2.71. The van der Waals surface area contributed by atoms with E-state index < -0.39 is 9.85 Å². The number of pyridine rings is 1. The van der Waals surface area contributed by atoms with Crippen molar-refractivity contribution in [2.75, 3.05) is 5.73 Å². The summed E-state index contributed by atoms with van der Waals surface area (Å²) in [5.41, 5.74) is 4.81. The lowest BCUT2D eigenvalue weighted by Crippen LogP contribution is -1.99. The molecular weight excluding hydrogens is 304 g/mol. The number of nitrogens with zero attached hydrogens (tertiary/aromatic N) is 3. The summed E-state index contributed by atoms with van der Waals surface area (Å²) in [5.74, 6) is -0.111. The standard InChI is InChI=1S/C11H7ClN4O5/c12-7-5-6(1-2-8(7)15(17)18)21-10-4-3-9(16(19)20)11(13)14-10/h1-5H,(H2,13,14). The van der Waals surface area contributed by atoms with Crippen molar-refractivity contribution in [2.24, 2.45) is 0 Å². The first-order valence-corrected chi connectivity index (χ1v) is 5.79. The Hall–Kier alpha value is -2.94. The molecule has 0 aliphatic rings. The molecule has 2 N–H and O–H groups in total. The maximum Gasteiger partial charge on any atom is 0.311 e. The average Bonchev–Trinajstić information content (AvgIpc) is 2.37. The zero-order chi connectivity index (χ0) is 15.6. The average molecular weight is 311 g/mol. The summed E-state index contributed by atoms with van der Waals surface area (Å²) in [4.78, 5) is 23.6. The van der Waals surface area contributed by atoms with E-state index in [9.17, 15) is 20.2 Å².